The van der Waals surface area contributed by atoms with Gasteiger partial charge in [-0.15, -0.1) is 0 Å². The summed E-state index contributed by atoms with van der Waals surface area (Å²) in [4.78, 5) is 30.4. The van der Waals surface area contributed by atoms with Gasteiger partial charge in [0.25, 0.3) is 17.1 Å². The van der Waals surface area contributed by atoms with Crippen molar-refractivity contribution in [3.63, 3.8) is 0 Å². The number of carbonyl (C=O) groups is 1. The fourth-order valence-corrected chi connectivity index (χ4v) is 3.49. The van der Waals surface area contributed by atoms with Gasteiger partial charge in [0.1, 0.15) is 10.9 Å². The van der Waals surface area contributed by atoms with Crippen molar-refractivity contribution < 1.29 is 9.36 Å². The van der Waals surface area contributed by atoms with E-state index in [9.17, 15) is 9.59 Å². The van der Waals surface area contributed by atoms with Gasteiger partial charge in [-0.05, 0) is 31.2 Å². The number of nitrogens with zero attached hydrogens (tertiary/aromatic N) is 3. The summed E-state index contributed by atoms with van der Waals surface area (Å²) in [6.45, 7) is 2.53. The fourth-order valence-electron chi connectivity index (χ4n) is 3.30. The third-order valence-corrected chi connectivity index (χ3v) is 5.10. The number of hydrogen-bond donors (Lipinski definition) is 2. The molecule has 0 bridgehead atoms. The lowest BCUT2D eigenvalue weighted by Gasteiger charge is -2.13. The second-order valence-electron chi connectivity index (χ2n) is 6.56. The van der Waals surface area contributed by atoms with E-state index in [-0.39, 0.29) is 29.4 Å². The van der Waals surface area contributed by atoms with Gasteiger partial charge < -0.3 is 11.1 Å². The molecule has 0 saturated heterocycles. The highest BCUT2D eigenvalue weighted by atomic mass is 35.5. The number of pyridine rings is 2. The zero-order chi connectivity index (χ0) is 20.5. The average molecular weight is 409 g/mol. The number of carbonyl (C=O) groups excluding carboxylic acids is 1. The van der Waals surface area contributed by atoms with Crippen LogP contribution in [0, 0.1) is 0 Å². The van der Waals surface area contributed by atoms with E-state index in [1.54, 1.807) is 35.0 Å². The van der Waals surface area contributed by atoms with Gasteiger partial charge in [0.15, 0.2) is 0 Å². The highest BCUT2D eigenvalue weighted by Crippen LogP contribution is 2.19. The molecule has 146 valence electrons. The molecule has 0 atom stereocenters. The number of nitrogens with one attached hydrogen (secondary N) is 1. The molecule has 3 heterocycles. The molecular weight excluding hydrogens is 390 g/mol. The average Bonchev–Trinajstić information content (AvgIpc) is 2.72. The minimum atomic E-state index is -0.350. The van der Waals surface area contributed by atoms with E-state index < -0.39 is 0 Å². The molecular formula is C21H19ClN5O2+. The van der Waals surface area contributed by atoms with E-state index >= 15 is 0 Å². The van der Waals surface area contributed by atoms with E-state index in [2.05, 4.69) is 10.3 Å². The maximum Gasteiger partial charge on any atom is 0.278 e. The molecule has 0 radical (unpaired) electrons. The number of rotatable bonds is 4. The summed E-state index contributed by atoms with van der Waals surface area (Å²) in [5, 5.41) is 3.60. The molecule has 0 aliphatic carbocycles. The topological polar surface area (TPSA) is 93.4 Å². The second kappa shape index (κ2) is 7.52. The van der Waals surface area contributed by atoms with Crippen LogP contribution in [0.3, 0.4) is 0 Å². The Bertz CT molecular complexity index is 1320. The first-order valence-corrected chi connectivity index (χ1v) is 9.54. The predicted octanol–water partition coefficient (Wildman–Crippen LogP) is 2.17. The highest BCUT2D eigenvalue weighted by molar-refractivity contribution is 6.31. The molecule has 29 heavy (non-hydrogen) atoms. The monoisotopic (exact) mass is 408 g/mol. The summed E-state index contributed by atoms with van der Waals surface area (Å²) in [7, 11) is 0. The first-order chi connectivity index (χ1) is 14.0. The van der Waals surface area contributed by atoms with Crippen molar-refractivity contribution in [1.29, 1.82) is 0 Å². The van der Waals surface area contributed by atoms with Crippen molar-refractivity contribution in [3.05, 3.63) is 81.2 Å². The molecule has 0 unspecified atom stereocenters. The molecule has 1 aromatic carbocycles. The Morgan fingerprint density at radius 3 is 2.76 bits per heavy atom. The van der Waals surface area contributed by atoms with Gasteiger partial charge in [-0.3, -0.25) is 14.0 Å². The Balaban J connectivity index is 2.07. The number of fused-ring (bicyclic) bond motifs is 2. The van der Waals surface area contributed by atoms with Gasteiger partial charge in [0.2, 0.25) is 11.5 Å². The Kier molecular flexibility index (Phi) is 4.90. The third kappa shape index (κ3) is 3.30. The predicted molar refractivity (Wildman–Crippen MR) is 112 cm³/mol. The van der Waals surface area contributed by atoms with Crippen LogP contribution < -0.4 is 21.2 Å². The Morgan fingerprint density at radius 2 is 2.00 bits per heavy atom. The molecule has 0 aliphatic heterocycles. The van der Waals surface area contributed by atoms with Crippen LogP contribution in [-0.4, -0.2) is 21.8 Å². The van der Waals surface area contributed by atoms with E-state index in [1.807, 2.05) is 25.1 Å². The largest absolute Gasteiger partial charge is 0.352 e. The van der Waals surface area contributed by atoms with Gasteiger partial charge >= 0.3 is 0 Å². The summed E-state index contributed by atoms with van der Waals surface area (Å²) in [5.74, 6) is -0.132. The van der Waals surface area contributed by atoms with Crippen LogP contribution in [0.2, 0.25) is 5.02 Å². The van der Waals surface area contributed by atoms with E-state index in [0.29, 0.717) is 28.2 Å². The molecule has 3 aromatic heterocycles. The molecule has 0 spiro atoms. The molecule has 3 N–H and O–H groups in total. The van der Waals surface area contributed by atoms with Gasteiger partial charge in [0, 0.05) is 23.3 Å². The summed E-state index contributed by atoms with van der Waals surface area (Å²) >= 11 is 6.34. The quantitative estimate of drug-likeness (QED) is 0.399. The van der Waals surface area contributed by atoms with Crippen LogP contribution in [0.15, 0.2) is 59.5 Å². The van der Waals surface area contributed by atoms with Gasteiger partial charge in [-0.2, -0.15) is 0 Å². The van der Waals surface area contributed by atoms with E-state index in [0.717, 1.165) is 5.56 Å². The van der Waals surface area contributed by atoms with Crippen molar-refractivity contribution in [2.45, 2.75) is 13.5 Å². The van der Waals surface area contributed by atoms with Crippen molar-refractivity contribution in [1.82, 2.24) is 14.7 Å². The summed E-state index contributed by atoms with van der Waals surface area (Å²) in [5.41, 5.74) is 8.02. The number of amides is 1. The lowest BCUT2D eigenvalue weighted by Crippen LogP contribution is -2.43. The lowest BCUT2D eigenvalue weighted by molar-refractivity contribution is -0.649. The fraction of sp³-hybridized carbons (Fsp3) is 0.143. The molecule has 7 nitrogen and oxygen atoms in total. The zero-order valence-electron chi connectivity index (χ0n) is 15.7. The lowest BCUT2D eigenvalue weighted by atomic mass is 10.1. The minimum absolute atomic E-state index is 0.218. The maximum absolute atomic E-state index is 13.1. The summed E-state index contributed by atoms with van der Waals surface area (Å²) in [6, 6.07) is 14.2. The van der Waals surface area contributed by atoms with Crippen LogP contribution in [0.25, 0.3) is 16.7 Å². The third-order valence-electron chi connectivity index (χ3n) is 4.73. The Labute approximate surface area is 171 Å². The Morgan fingerprint density at radius 1 is 1.24 bits per heavy atom. The Hall–Kier alpha value is -3.45. The molecule has 8 heteroatoms. The number of benzene rings is 1. The van der Waals surface area contributed by atoms with Crippen LogP contribution in [0.5, 0.6) is 0 Å². The molecule has 4 rings (SSSR count). The first-order valence-electron chi connectivity index (χ1n) is 9.16. The molecule has 4 aromatic rings. The van der Waals surface area contributed by atoms with Crippen molar-refractivity contribution in [2.24, 2.45) is 0 Å². The number of anilines is 1. The van der Waals surface area contributed by atoms with Crippen molar-refractivity contribution in [2.75, 3.05) is 12.3 Å². The summed E-state index contributed by atoms with van der Waals surface area (Å²) < 4.78 is 3.11. The summed E-state index contributed by atoms with van der Waals surface area (Å²) in [6.07, 6.45) is 1.64. The van der Waals surface area contributed by atoms with Crippen molar-refractivity contribution in [3.8, 4) is 0 Å². The van der Waals surface area contributed by atoms with Crippen molar-refractivity contribution >= 4 is 40.0 Å². The number of hydrogen-bond acceptors (Lipinski definition) is 4. The number of nitrogen functional groups attached to an aromatic ring is 1. The number of halogens is 1. The number of aromatic nitrogens is 3. The normalized spacial score (nSPS) is 11.1. The van der Waals surface area contributed by atoms with Crippen LogP contribution in [0.1, 0.15) is 22.8 Å². The van der Waals surface area contributed by atoms with Crippen LogP contribution in [-0.2, 0) is 6.54 Å². The van der Waals surface area contributed by atoms with Gasteiger partial charge in [0.05, 0.1) is 6.54 Å². The molecule has 0 saturated carbocycles. The van der Waals surface area contributed by atoms with Gasteiger partial charge in [-0.1, -0.05) is 40.9 Å². The zero-order valence-corrected chi connectivity index (χ0v) is 16.5. The SMILES string of the molecule is CCNC(=O)c1cc2c(=O)n3ccccc3nc2[n+](Cc2ccccc2Cl)c1N. The van der Waals surface area contributed by atoms with Crippen LogP contribution in [0.4, 0.5) is 5.82 Å². The second-order valence-corrected chi connectivity index (χ2v) is 6.97. The first kappa shape index (κ1) is 18.9. The van der Waals surface area contributed by atoms with Crippen LogP contribution >= 0.6 is 11.6 Å². The molecule has 0 aliphatic rings. The smallest absolute Gasteiger partial charge is 0.278 e. The molecule has 0 fully saturated rings. The minimum Gasteiger partial charge on any atom is -0.352 e. The highest BCUT2D eigenvalue weighted by Gasteiger charge is 2.24. The standard InChI is InChI=1S/C21H18ClN5O2/c1-2-24-20(28)14-11-15-19(25-17-9-5-6-10-26(17)21(15)29)27(18(14)23)12-13-7-3-4-8-16(13)22/h3-11,23H,2,12H2,1H3,(H,24,28)/p+1. The van der Waals surface area contributed by atoms with E-state index in [4.69, 9.17) is 17.3 Å². The van der Waals surface area contributed by atoms with Gasteiger partial charge in [-0.25, -0.2) is 4.57 Å². The molecule has 1 amide bonds. The number of nitrogens with two attached hydrogens (primary N) is 1. The maximum atomic E-state index is 13.1. The van der Waals surface area contributed by atoms with E-state index in [1.165, 1.54) is 10.5 Å².